The molecule has 0 bridgehead atoms. The van der Waals surface area contributed by atoms with Crippen LogP contribution in [0.2, 0.25) is 0 Å². The zero-order valence-corrected chi connectivity index (χ0v) is 44.2. The zero-order chi connectivity index (χ0) is 44.2. The predicted octanol–water partition coefficient (Wildman–Crippen LogP) is 24.1. The summed E-state index contributed by atoms with van der Waals surface area (Å²) in [7, 11) is 0. The Kier molecular flexibility index (Phi) is 72.9. The van der Waals surface area contributed by atoms with Crippen molar-refractivity contribution in [1.29, 1.82) is 0 Å². The zero-order valence-electron chi connectivity index (χ0n) is 44.2. The van der Waals surface area contributed by atoms with Crippen LogP contribution in [0.15, 0.2) is 0 Å². The molecular weight excluding hydrogens is 721 g/mol. The second-order valence-corrected chi connectivity index (χ2v) is 20.0. The standard InChI is InChI=1S/3C10H20.3C10H22/c3*1-2-4-6-8-10-9-7-5-3-1;3*1-3-5-7-9-10-8-6-4-2/h3*1-10H2;3*3-10H2,1-2H3. The molecule has 0 atom stereocenters. The lowest BCUT2D eigenvalue weighted by molar-refractivity contribution is 0.504. The molecule has 0 aromatic heterocycles. The number of hydrogen-bond donors (Lipinski definition) is 0. The Morgan fingerprint density at radius 1 is 0.117 bits per heavy atom. The van der Waals surface area contributed by atoms with E-state index in [1.807, 2.05) is 0 Å². The van der Waals surface area contributed by atoms with E-state index >= 15 is 0 Å². The molecule has 0 unspecified atom stereocenters. The summed E-state index contributed by atoms with van der Waals surface area (Å²) in [5.74, 6) is 0. The van der Waals surface area contributed by atoms with E-state index in [1.165, 1.54) is 347 Å². The minimum Gasteiger partial charge on any atom is -0.0654 e. The first-order valence-electron chi connectivity index (χ1n) is 29.7. The van der Waals surface area contributed by atoms with Crippen molar-refractivity contribution < 1.29 is 0 Å². The molecule has 0 aliphatic heterocycles. The van der Waals surface area contributed by atoms with Crippen molar-refractivity contribution in [3.05, 3.63) is 0 Å². The van der Waals surface area contributed by atoms with E-state index in [9.17, 15) is 0 Å². The normalized spacial score (nSPS) is 17.1. The van der Waals surface area contributed by atoms with Gasteiger partial charge in [-0.1, -0.05) is 388 Å². The van der Waals surface area contributed by atoms with Gasteiger partial charge in [-0.05, 0) is 0 Å². The SMILES string of the molecule is C1CCCCCCCCC1.C1CCCCCCCCC1.C1CCCCCCCCC1.CCCCCCCCCC.CCCCCCCCCC.CCCCCCCCCC. The number of hydrogen-bond acceptors (Lipinski definition) is 0. The van der Waals surface area contributed by atoms with E-state index in [1.54, 1.807) is 0 Å². The molecule has 0 amide bonds. The van der Waals surface area contributed by atoms with Gasteiger partial charge in [-0.15, -0.1) is 0 Å². The Bertz CT molecular complexity index is 412. The predicted molar refractivity (Wildman–Crippen MR) is 283 cm³/mol. The third-order valence-electron chi connectivity index (χ3n) is 13.4. The average molecular weight is 848 g/mol. The van der Waals surface area contributed by atoms with Gasteiger partial charge in [0.1, 0.15) is 0 Å². The summed E-state index contributed by atoms with van der Waals surface area (Å²) in [6.45, 7) is 13.6. The third kappa shape index (κ3) is 72.4. The monoisotopic (exact) mass is 847 g/mol. The highest BCUT2D eigenvalue weighted by atomic mass is 14.0. The maximum atomic E-state index is 2.27. The van der Waals surface area contributed by atoms with Gasteiger partial charge in [0.15, 0.2) is 0 Å². The van der Waals surface area contributed by atoms with Gasteiger partial charge >= 0.3 is 0 Å². The number of unbranched alkanes of at least 4 members (excludes halogenated alkanes) is 21. The maximum absolute atomic E-state index is 2.27. The molecule has 3 rings (SSSR count). The first-order chi connectivity index (χ1) is 29.7. The highest BCUT2D eigenvalue weighted by molar-refractivity contribution is 4.54. The van der Waals surface area contributed by atoms with Gasteiger partial charge in [-0.2, -0.15) is 0 Å². The van der Waals surface area contributed by atoms with Crippen LogP contribution in [0.3, 0.4) is 0 Å². The molecule has 0 nitrogen and oxygen atoms in total. The van der Waals surface area contributed by atoms with E-state index in [4.69, 9.17) is 0 Å². The summed E-state index contributed by atoms with van der Waals surface area (Å²) in [6.07, 6.45) is 79.4. The summed E-state index contributed by atoms with van der Waals surface area (Å²) in [5.41, 5.74) is 0. The van der Waals surface area contributed by atoms with E-state index in [2.05, 4.69) is 41.5 Å². The van der Waals surface area contributed by atoms with Gasteiger partial charge in [0.05, 0.1) is 0 Å². The van der Waals surface area contributed by atoms with Crippen molar-refractivity contribution in [2.45, 2.75) is 388 Å². The van der Waals surface area contributed by atoms with Crippen LogP contribution in [0.5, 0.6) is 0 Å². The molecule has 3 aliphatic rings. The Morgan fingerprint density at radius 2 is 0.183 bits per heavy atom. The lowest BCUT2D eigenvalue weighted by Gasteiger charge is -2.05. The molecule has 0 aromatic rings. The Balaban J connectivity index is -0.000000650. The summed E-state index contributed by atoms with van der Waals surface area (Å²) >= 11 is 0. The van der Waals surface area contributed by atoms with Crippen molar-refractivity contribution in [1.82, 2.24) is 0 Å². The van der Waals surface area contributed by atoms with Crippen molar-refractivity contribution in [2.24, 2.45) is 0 Å². The molecule has 60 heavy (non-hydrogen) atoms. The fourth-order valence-electron chi connectivity index (χ4n) is 8.92. The second kappa shape index (κ2) is 68.1. The fraction of sp³-hybridized carbons (Fsp3) is 1.00. The van der Waals surface area contributed by atoms with Gasteiger partial charge < -0.3 is 0 Å². The molecule has 0 N–H and O–H groups in total. The molecule has 0 saturated heterocycles. The summed E-state index contributed by atoms with van der Waals surface area (Å²) < 4.78 is 0. The Labute approximate surface area is 386 Å². The van der Waals surface area contributed by atoms with Crippen molar-refractivity contribution in [3.8, 4) is 0 Å². The average Bonchev–Trinajstić information content (AvgIpc) is 3.29. The van der Waals surface area contributed by atoms with Crippen LogP contribution in [-0.4, -0.2) is 0 Å². The van der Waals surface area contributed by atoms with Crippen LogP contribution >= 0.6 is 0 Å². The largest absolute Gasteiger partial charge is 0.0654 e. The molecule has 0 aromatic carbocycles. The van der Waals surface area contributed by atoms with Crippen LogP contribution in [0.4, 0.5) is 0 Å². The van der Waals surface area contributed by atoms with Gasteiger partial charge in [0.25, 0.3) is 0 Å². The van der Waals surface area contributed by atoms with Crippen LogP contribution in [-0.2, 0) is 0 Å². The summed E-state index contributed by atoms with van der Waals surface area (Å²) in [6, 6.07) is 0. The first kappa shape index (κ1) is 64.3. The van der Waals surface area contributed by atoms with Crippen LogP contribution in [0, 0.1) is 0 Å². The minimum atomic E-state index is 1.37. The molecule has 0 radical (unpaired) electrons. The Hall–Kier alpha value is 0. The fourth-order valence-corrected chi connectivity index (χ4v) is 8.92. The first-order valence-corrected chi connectivity index (χ1v) is 29.7. The summed E-state index contributed by atoms with van der Waals surface area (Å²) in [5, 5.41) is 0. The third-order valence-corrected chi connectivity index (χ3v) is 13.4. The summed E-state index contributed by atoms with van der Waals surface area (Å²) in [4.78, 5) is 0. The molecule has 3 saturated carbocycles. The van der Waals surface area contributed by atoms with Gasteiger partial charge in [-0.3, -0.25) is 0 Å². The lowest BCUT2D eigenvalue weighted by atomic mass is 10.0. The Morgan fingerprint density at radius 3 is 0.250 bits per heavy atom. The highest BCUT2D eigenvalue weighted by Crippen LogP contribution is 2.18. The molecule has 3 aliphatic carbocycles. The topological polar surface area (TPSA) is 0 Å². The quantitative estimate of drug-likeness (QED) is 0.101. The van der Waals surface area contributed by atoms with E-state index in [0.717, 1.165) is 0 Å². The van der Waals surface area contributed by atoms with Crippen molar-refractivity contribution in [2.75, 3.05) is 0 Å². The number of rotatable bonds is 21. The van der Waals surface area contributed by atoms with Crippen molar-refractivity contribution >= 4 is 0 Å². The highest BCUT2D eigenvalue weighted by Gasteiger charge is 1.98. The minimum absolute atomic E-state index is 1.37. The molecule has 3 fully saturated rings. The molecular formula is C60H126. The smallest absolute Gasteiger partial charge is 0.0533 e. The molecule has 0 heteroatoms. The van der Waals surface area contributed by atoms with Gasteiger partial charge in [0.2, 0.25) is 0 Å². The van der Waals surface area contributed by atoms with Crippen LogP contribution < -0.4 is 0 Å². The van der Waals surface area contributed by atoms with E-state index in [0.29, 0.717) is 0 Å². The van der Waals surface area contributed by atoms with Crippen molar-refractivity contribution in [3.63, 3.8) is 0 Å². The maximum Gasteiger partial charge on any atom is -0.0533 e. The van der Waals surface area contributed by atoms with Crippen LogP contribution in [0.25, 0.3) is 0 Å². The van der Waals surface area contributed by atoms with Gasteiger partial charge in [-0.25, -0.2) is 0 Å². The second-order valence-electron chi connectivity index (χ2n) is 20.0. The van der Waals surface area contributed by atoms with Crippen LogP contribution in [0.1, 0.15) is 388 Å². The van der Waals surface area contributed by atoms with Gasteiger partial charge in [0, 0.05) is 0 Å². The van der Waals surface area contributed by atoms with E-state index < -0.39 is 0 Å². The molecule has 0 heterocycles. The molecule has 0 spiro atoms. The lowest BCUT2D eigenvalue weighted by Crippen LogP contribution is -1.85. The van der Waals surface area contributed by atoms with E-state index in [-0.39, 0.29) is 0 Å². The molecule has 366 valence electrons.